The van der Waals surface area contributed by atoms with Gasteiger partial charge >= 0.3 is 6.18 Å². The summed E-state index contributed by atoms with van der Waals surface area (Å²) in [6.07, 6.45) is -3.07. The first-order valence-corrected chi connectivity index (χ1v) is 7.58. The van der Waals surface area contributed by atoms with Crippen LogP contribution >= 0.6 is 0 Å². The van der Waals surface area contributed by atoms with Crippen LogP contribution in [0.3, 0.4) is 0 Å². The first-order chi connectivity index (χ1) is 11.2. The van der Waals surface area contributed by atoms with Crippen molar-refractivity contribution in [1.29, 1.82) is 5.26 Å². The van der Waals surface area contributed by atoms with Gasteiger partial charge in [-0.15, -0.1) is 0 Å². The summed E-state index contributed by atoms with van der Waals surface area (Å²) in [6, 6.07) is 2.71. The van der Waals surface area contributed by atoms with E-state index in [0.29, 0.717) is 17.7 Å². The summed E-state index contributed by atoms with van der Waals surface area (Å²) in [6.45, 7) is 2.56. The maximum absolute atomic E-state index is 13.9. The highest BCUT2D eigenvalue weighted by atomic mass is 19.4. The second kappa shape index (κ2) is 6.70. The van der Waals surface area contributed by atoms with Gasteiger partial charge in [0.15, 0.2) is 0 Å². The van der Waals surface area contributed by atoms with Gasteiger partial charge in [0.05, 0.1) is 11.6 Å². The summed E-state index contributed by atoms with van der Waals surface area (Å²) in [4.78, 5) is 14.7. The molecule has 1 aliphatic rings. The van der Waals surface area contributed by atoms with Crippen molar-refractivity contribution in [2.75, 3.05) is 6.61 Å². The first-order valence-electron chi connectivity index (χ1n) is 7.58. The number of halogens is 3. The number of aryl methyl sites for hydroxylation is 2. The standard InChI is InChI=1S/C17H17F3N2O2/c1-3-13-10-14(15(23)22-11(13)2)16(17(18,19)20,24-9-8-21)7-6-12-4-5-12/h10,12H,3-5,9H2,1-2H3,(H,22,23). The van der Waals surface area contributed by atoms with Crippen LogP contribution in [0.4, 0.5) is 13.2 Å². The third-order valence-electron chi connectivity index (χ3n) is 3.89. The van der Waals surface area contributed by atoms with E-state index in [9.17, 15) is 18.0 Å². The van der Waals surface area contributed by atoms with Gasteiger partial charge in [0, 0.05) is 11.6 Å². The number of aromatic nitrogens is 1. The molecule has 0 radical (unpaired) electrons. The molecule has 128 valence electrons. The van der Waals surface area contributed by atoms with E-state index in [-0.39, 0.29) is 5.92 Å². The smallest absolute Gasteiger partial charge is 0.335 e. The Morgan fingerprint density at radius 3 is 2.58 bits per heavy atom. The molecule has 1 N–H and O–H groups in total. The SMILES string of the molecule is CCc1cc(C(C#CC2CC2)(OCC#N)C(F)(F)F)c(=O)[nH]c1C. The second-order valence-corrected chi connectivity index (χ2v) is 5.69. The fourth-order valence-electron chi connectivity index (χ4n) is 2.35. The quantitative estimate of drug-likeness (QED) is 0.859. The van der Waals surface area contributed by atoms with Crippen LogP contribution in [-0.2, 0) is 16.8 Å². The normalized spacial score (nSPS) is 16.7. The van der Waals surface area contributed by atoms with Gasteiger partial charge in [-0.1, -0.05) is 18.8 Å². The van der Waals surface area contributed by atoms with E-state index >= 15 is 0 Å². The molecule has 4 nitrogen and oxygen atoms in total. The van der Waals surface area contributed by atoms with E-state index in [0.717, 1.165) is 12.8 Å². The lowest BCUT2D eigenvalue weighted by Crippen LogP contribution is -2.47. The third-order valence-corrected chi connectivity index (χ3v) is 3.89. The molecule has 7 heteroatoms. The van der Waals surface area contributed by atoms with Crippen LogP contribution in [0.25, 0.3) is 0 Å². The van der Waals surface area contributed by atoms with Crippen LogP contribution in [0.15, 0.2) is 10.9 Å². The Labute approximate surface area is 137 Å². The number of nitriles is 1. The van der Waals surface area contributed by atoms with Crippen LogP contribution in [0.1, 0.15) is 36.6 Å². The molecule has 0 amide bonds. The number of rotatable bonds is 4. The van der Waals surface area contributed by atoms with Crippen molar-refractivity contribution in [2.24, 2.45) is 5.92 Å². The minimum atomic E-state index is -4.96. The van der Waals surface area contributed by atoms with Gasteiger partial charge in [-0.25, -0.2) is 0 Å². The van der Waals surface area contributed by atoms with E-state index in [4.69, 9.17) is 10.00 Å². The largest absolute Gasteiger partial charge is 0.433 e. The van der Waals surface area contributed by atoms with Gasteiger partial charge in [0.25, 0.3) is 11.2 Å². The predicted molar refractivity (Wildman–Crippen MR) is 81.0 cm³/mol. The highest BCUT2D eigenvalue weighted by Gasteiger charge is 2.58. The first kappa shape index (κ1) is 18.1. The molecule has 0 bridgehead atoms. The molecule has 1 saturated carbocycles. The Bertz CT molecular complexity index is 776. The topological polar surface area (TPSA) is 65.9 Å². The lowest BCUT2D eigenvalue weighted by atomic mass is 9.91. The molecule has 1 unspecified atom stereocenters. The van der Waals surface area contributed by atoms with Gasteiger partial charge < -0.3 is 9.72 Å². The highest BCUT2D eigenvalue weighted by Crippen LogP contribution is 2.41. The number of hydrogen-bond donors (Lipinski definition) is 1. The number of ether oxygens (including phenoxy) is 1. The zero-order valence-electron chi connectivity index (χ0n) is 13.4. The maximum atomic E-state index is 13.9. The van der Waals surface area contributed by atoms with Crippen LogP contribution in [0.5, 0.6) is 0 Å². The molecule has 2 rings (SSSR count). The Morgan fingerprint density at radius 1 is 1.42 bits per heavy atom. The van der Waals surface area contributed by atoms with Gasteiger partial charge in [0.2, 0.25) is 0 Å². The molecular formula is C17H17F3N2O2. The van der Waals surface area contributed by atoms with Crippen molar-refractivity contribution < 1.29 is 17.9 Å². The molecular weight excluding hydrogens is 321 g/mol. The lowest BCUT2D eigenvalue weighted by Gasteiger charge is -2.30. The zero-order chi connectivity index (χ0) is 18.0. The summed E-state index contributed by atoms with van der Waals surface area (Å²) < 4.78 is 46.5. The number of aromatic amines is 1. The van der Waals surface area contributed by atoms with E-state index in [1.165, 1.54) is 12.1 Å². The molecule has 0 saturated heterocycles. The number of hydrogen-bond acceptors (Lipinski definition) is 3. The molecule has 24 heavy (non-hydrogen) atoms. The van der Waals surface area contributed by atoms with Crippen molar-refractivity contribution in [1.82, 2.24) is 4.98 Å². The highest BCUT2D eigenvalue weighted by molar-refractivity contribution is 5.38. The molecule has 1 aliphatic carbocycles. The lowest BCUT2D eigenvalue weighted by molar-refractivity contribution is -0.256. The molecule has 1 atom stereocenters. The second-order valence-electron chi connectivity index (χ2n) is 5.69. The molecule has 0 aromatic carbocycles. The number of pyridine rings is 1. The molecule has 1 aromatic rings. The number of nitrogens with one attached hydrogen (secondary N) is 1. The summed E-state index contributed by atoms with van der Waals surface area (Å²) in [5.74, 6) is 4.55. The van der Waals surface area contributed by atoms with Gasteiger partial charge in [-0.05, 0) is 37.8 Å². The molecule has 1 aromatic heterocycles. The van der Waals surface area contributed by atoms with Gasteiger partial charge in [-0.3, -0.25) is 4.79 Å². The predicted octanol–water partition coefficient (Wildman–Crippen LogP) is 2.96. The van der Waals surface area contributed by atoms with Gasteiger partial charge in [-0.2, -0.15) is 18.4 Å². The van der Waals surface area contributed by atoms with Crippen molar-refractivity contribution >= 4 is 0 Å². The number of nitrogens with zero attached hydrogens (tertiary/aromatic N) is 1. The third kappa shape index (κ3) is 3.47. The van der Waals surface area contributed by atoms with E-state index in [1.54, 1.807) is 13.8 Å². The summed E-state index contributed by atoms with van der Waals surface area (Å²) in [7, 11) is 0. The average molecular weight is 338 g/mol. The van der Waals surface area contributed by atoms with Crippen LogP contribution in [0, 0.1) is 36.0 Å². The molecule has 0 spiro atoms. The van der Waals surface area contributed by atoms with Crippen molar-refractivity contribution in [3.8, 4) is 17.9 Å². The fraction of sp³-hybridized carbons (Fsp3) is 0.529. The number of alkyl halides is 3. The number of H-pyrrole nitrogens is 1. The molecule has 1 heterocycles. The minimum Gasteiger partial charge on any atom is -0.335 e. The average Bonchev–Trinajstić information content (AvgIpc) is 3.31. The van der Waals surface area contributed by atoms with Crippen molar-refractivity contribution in [3.63, 3.8) is 0 Å². The Morgan fingerprint density at radius 2 is 2.08 bits per heavy atom. The van der Waals surface area contributed by atoms with E-state index in [1.807, 2.05) is 0 Å². The van der Waals surface area contributed by atoms with Crippen molar-refractivity contribution in [3.05, 3.63) is 33.2 Å². The van der Waals surface area contributed by atoms with Crippen LogP contribution < -0.4 is 5.56 Å². The summed E-state index contributed by atoms with van der Waals surface area (Å²) >= 11 is 0. The maximum Gasteiger partial charge on any atom is 0.433 e. The van der Waals surface area contributed by atoms with Crippen LogP contribution in [-0.4, -0.2) is 17.8 Å². The van der Waals surface area contributed by atoms with Crippen LogP contribution in [0.2, 0.25) is 0 Å². The van der Waals surface area contributed by atoms with E-state index in [2.05, 4.69) is 16.8 Å². The molecule has 1 fully saturated rings. The fourth-order valence-corrected chi connectivity index (χ4v) is 2.35. The summed E-state index contributed by atoms with van der Waals surface area (Å²) in [5, 5.41) is 8.67. The minimum absolute atomic E-state index is 0.118. The van der Waals surface area contributed by atoms with E-state index < -0.39 is 29.5 Å². The summed E-state index contributed by atoms with van der Waals surface area (Å²) in [5.41, 5.74) is -3.58. The Kier molecular flexibility index (Phi) is 5.05. The van der Waals surface area contributed by atoms with Crippen molar-refractivity contribution in [2.45, 2.75) is 44.9 Å². The molecule has 0 aliphatic heterocycles. The zero-order valence-corrected chi connectivity index (χ0v) is 13.4. The monoisotopic (exact) mass is 338 g/mol. The Balaban J connectivity index is 2.71. The van der Waals surface area contributed by atoms with Gasteiger partial charge in [0.1, 0.15) is 6.61 Å². The Hall–Kier alpha value is -2.25.